The van der Waals surface area contributed by atoms with E-state index in [9.17, 15) is 9.90 Å². The fourth-order valence-electron chi connectivity index (χ4n) is 1.96. The molecule has 5 heteroatoms. The molecule has 2 unspecified atom stereocenters. The van der Waals surface area contributed by atoms with Crippen molar-refractivity contribution in [1.29, 1.82) is 0 Å². The third kappa shape index (κ3) is 3.84. The van der Waals surface area contributed by atoms with E-state index in [1.54, 1.807) is 17.1 Å². The fraction of sp³-hybridized carbons (Fsp3) is 0.692. The average Bonchev–Trinajstić information content (AvgIpc) is 2.78. The monoisotopic (exact) mass is 254 g/mol. The van der Waals surface area contributed by atoms with Gasteiger partial charge < -0.3 is 10.2 Å². The molecule has 0 amide bonds. The van der Waals surface area contributed by atoms with Crippen molar-refractivity contribution in [2.45, 2.75) is 52.2 Å². The summed E-state index contributed by atoms with van der Waals surface area (Å²) in [6, 6.07) is 0. The van der Waals surface area contributed by atoms with Gasteiger partial charge in [-0.3, -0.25) is 9.48 Å². The van der Waals surface area contributed by atoms with Crippen molar-refractivity contribution in [3.63, 3.8) is 0 Å². The van der Waals surface area contributed by atoms with Crippen molar-refractivity contribution in [2.24, 2.45) is 5.92 Å². The third-order valence-electron chi connectivity index (χ3n) is 3.01. The molecule has 5 nitrogen and oxygen atoms in total. The quantitative estimate of drug-likeness (QED) is 0.746. The highest BCUT2D eigenvalue weighted by Crippen LogP contribution is 2.26. The van der Waals surface area contributed by atoms with Crippen molar-refractivity contribution in [3.05, 3.63) is 18.0 Å². The Bertz CT molecular complexity index is 376. The summed E-state index contributed by atoms with van der Waals surface area (Å²) < 4.78 is 1.73. The van der Waals surface area contributed by atoms with Crippen molar-refractivity contribution in [1.82, 2.24) is 9.78 Å². The van der Waals surface area contributed by atoms with Crippen molar-refractivity contribution in [2.75, 3.05) is 0 Å². The van der Waals surface area contributed by atoms with Gasteiger partial charge in [-0.25, -0.2) is 0 Å². The van der Waals surface area contributed by atoms with Crippen LogP contribution in [0.5, 0.6) is 0 Å². The smallest absolute Gasteiger partial charge is 0.309 e. The number of aryl methyl sites for hydroxylation is 1. The molecule has 2 atom stereocenters. The molecule has 0 aliphatic carbocycles. The van der Waals surface area contributed by atoms with Crippen LogP contribution in [0.1, 0.15) is 51.2 Å². The molecule has 0 radical (unpaired) electrons. The van der Waals surface area contributed by atoms with E-state index in [-0.39, 0.29) is 0 Å². The maximum Gasteiger partial charge on any atom is 0.309 e. The first-order chi connectivity index (χ1) is 8.60. The Hall–Kier alpha value is -1.36. The molecule has 18 heavy (non-hydrogen) atoms. The molecule has 0 saturated carbocycles. The maximum atomic E-state index is 11.2. The van der Waals surface area contributed by atoms with Gasteiger partial charge in [-0.2, -0.15) is 5.10 Å². The predicted molar refractivity (Wildman–Crippen MR) is 68.1 cm³/mol. The van der Waals surface area contributed by atoms with Crippen LogP contribution in [0.15, 0.2) is 12.4 Å². The average molecular weight is 254 g/mol. The molecule has 102 valence electrons. The summed E-state index contributed by atoms with van der Waals surface area (Å²) in [4.78, 5) is 11.2. The van der Waals surface area contributed by atoms with Gasteiger partial charge in [-0.1, -0.05) is 26.7 Å². The van der Waals surface area contributed by atoms with Crippen LogP contribution in [-0.2, 0) is 11.3 Å². The summed E-state index contributed by atoms with van der Waals surface area (Å²) in [5.74, 6) is -1.69. The molecule has 0 aromatic carbocycles. The highest BCUT2D eigenvalue weighted by atomic mass is 16.4. The highest BCUT2D eigenvalue weighted by Gasteiger charge is 2.28. The summed E-state index contributed by atoms with van der Waals surface area (Å²) in [6.07, 6.45) is 5.49. The van der Waals surface area contributed by atoms with E-state index in [2.05, 4.69) is 5.10 Å². The van der Waals surface area contributed by atoms with E-state index in [0.29, 0.717) is 12.0 Å². The van der Waals surface area contributed by atoms with Crippen LogP contribution in [-0.4, -0.2) is 26.0 Å². The molecular weight excluding hydrogens is 232 g/mol. The predicted octanol–water partition coefficient (Wildman–Crippen LogP) is 2.22. The summed E-state index contributed by atoms with van der Waals surface area (Å²) in [7, 11) is 0. The molecule has 1 rings (SSSR count). The van der Waals surface area contributed by atoms with Gasteiger partial charge in [-0.15, -0.1) is 0 Å². The Morgan fingerprint density at radius 3 is 2.72 bits per heavy atom. The van der Waals surface area contributed by atoms with Crippen molar-refractivity contribution < 1.29 is 15.0 Å². The zero-order valence-corrected chi connectivity index (χ0v) is 11.0. The number of carbonyl (C=O) groups is 1. The second-order valence-electron chi connectivity index (χ2n) is 4.57. The van der Waals surface area contributed by atoms with E-state index in [1.165, 1.54) is 0 Å². The van der Waals surface area contributed by atoms with E-state index in [0.717, 1.165) is 25.8 Å². The lowest BCUT2D eigenvalue weighted by Crippen LogP contribution is -2.21. The minimum atomic E-state index is -0.973. The minimum absolute atomic E-state index is 0.492. The molecule has 0 spiro atoms. The van der Waals surface area contributed by atoms with Crippen LogP contribution in [0.2, 0.25) is 0 Å². The number of carboxylic acids is 1. The fourth-order valence-corrected chi connectivity index (χ4v) is 1.96. The van der Waals surface area contributed by atoms with Crippen LogP contribution in [0.4, 0.5) is 0 Å². The summed E-state index contributed by atoms with van der Waals surface area (Å²) in [5, 5.41) is 23.4. The zero-order valence-electron chi connectivity index (χ0n) is 11.0. The number of carboxylic acid groups (broad SMARTS) is 1. The number of aliphatic hydroxyl groups excluding tert-OH is 1. The first kappa shape index (κ1) is 14.7. The normalized spacial score (nSPS) is 14.4. The molecule has 0 bridgehead atoms. The molecule has 1 heterocycles. The molecule has 2 N–H and O–H groups in total. The van der Waals surface area contributed by atoms with E-state index < -0.39 is 18.0 Å². The summed E-state index contributed by atoms with van der Waals surface area (Å²) in [6.45, 7) is 4.82. The first-order valence-corrected chi connectivity index (χ1v) is 6.53. The number of nitrogens with zero attached hydrogens (tertiary/aromatic N) is 2. The molecule has 0 aliphatic heterocycles. The highest BCUT2D eigenvalue weighted by molar-refractivity contribution is 5.71. The molecule has 1 aromatic heterocycles. The summed E-state index contributed by atoms with van der Waals surface area (Å²) >= 11 is 0. The lowest BCUT2D eigenvalue weighted by atomic mass is 9.93. The van der Waals surface area contributed by atoms with Crippen LogP contribution in [0, 0.1) is 5.92 Å². The first-order valence-electron chi connectivity index (χ1n) is 6.53. The number of aliphatic carboxylic acids is 1. The summed E-state index contributed by atoms with van der Waals surface area (Å²) in [5.41, 5.74) is 0.590. The van der Waals surface area contributed by atoms with Crippen LogP contribution in [0.25, 0.3) is 0 Å². The van der Waals surface area contributed by atoms with Gasteiger partial charge in [0.1, 0.15) is 0 Å². The third-order valence-corrected chi connectivity index (χ3v) is 3.01. The minimum Gasteiger partial charge on any atom is -0.481 e. The van der Waals surface area contributed by atoms with Gasteiger partial charge >= 0.3 is 5.97 Å². The Kier molecular flexibility index (Phi) is 5.85. The van der Waals surface area contributed by atoms with E-state index >= 15 is 0 Å². The SMILES string of the molecule is CCCCC(C(=O)O)C(O)c1cnn(CCC)c1. The van der Waals surface area contributed by atoms with Gasteiger partial charge in [0, 0.05) is 18.3 Å². The van der Waals surface area contributed by atoms with Gasteiger partial charge in [0.15, 0.2) is 0 Å². The number of rotatable bonds is 8. The van der Waals surface area contributed by atoms with Gasteiger partial charge in [-0.05, 0) is 12.8 Å². The Balaban J connectivity index is 2.74. The number of hydrogen-bond acceptors (Lipinski definition) is 3. The lowest BCUT2D eigenvalue weighted by molar-refractivity contribution is -0.146. The number of aliphatic hydroxyl groups is 1. The zero-order chi connectivity index (χ0) is 13.5. The second kappa shape index (κ2) is 7.16. The Morgan fingerprint density at radius 1 is 1.44 bits per heavy atom. The van der Waals surface area contributed by atoms with Gasteiger partial charge in [0.25, 0.3) is 0 Å². The molecule has 0 saturated heterocycles. The van der Waals surface area contributed by atoms with E-state index in [4.69, 9.17) is 5.11 Å². The second-order valence-corrected chi connectivity index (χ2v) is 4.57. The number of aromatic nitrogens is 2. The van der Waals surface area contributed by atoms with Crippen molar-refractivity contribution >= 4 is 5.97 Å². The van der Waals surface area contributed by atoms with Crippen LogP contribution >= 0.6 is 0 Å². The van der Waals surface area contributed by atoms with Crippen molar-refractivity contribution in [3.8, 4) is 0 Å². The molecular formula is C13H22N2O3. The number of unbranched alkanes of at least 4 members (excludes halogenated alkanes) is 1. The van der Waals surface area contributed by atoms with Crippen LogP contribution in [0.3, 0.4) is 0 Å². The maximum absolute atomic E-state index is 11.2. The standard InChI is InChI=1S/C13H22N2O3/c1-3-5-6-11(13(17)18)12(16)10-8-14-15(9-10)7-4-2/h8-9,11-12,16H,3-7H2,1-2H3,(H,17,18). The van der Waals surface area contributed by atoms with Gasteiger partial charge in [0.2, 0.25) is 0 Å². The topological polar surface area (TPSA) is 75.3 Å². The largest absolute Gasteiger partial charge is 0.481 e. The molecule has 0 aliphatic rings. The Labute approximate surface area is 107 Å². The number of hydrogen-bond donors (Lipinski definition) is 2. The Morgan fingerprint density at radius 2 is 2.17 bits per heavy atom. The van der Waals surface area contributed by atoms with Crippen LogP contribution < -0.4 is 0 Å². The molecule has 1 aromatic rings. The van der Waals surface area contributed by atoms with Gasteiger partial charge in [0.05, 0.1) is 18.2 Å². The molecule has 0 fully saturated rings. The lowest BCUT2D eigenvalue weighted by Gasteiger charge is -2.17. The van der Waals surface area contributed by atoms with E-state index in [1.807, 2.05) is 13.8 Å².